The van der Waals surface area contributed by atoms with E-state index in [9.17, 15) is 18.8 Å². The van der Waals surface area contributed by atoms with E-state index in [2.05, 4.69) is 15.6 Å². The number of fused-ring (bicyclic) bond motifs is 1. The van der Waals surface area contributed by atoms with Crippen molar-refractivity contribution in [2.24, 2.45) is 5.41 Å². The summed E-state index contributed by atoms with van der Waals surface area (Å²) in [5, 5.41) is 15.1. The molecule has 0 spiro atoms. The number of halogens is 2. The lowest BCUT2D eigenvalue weighted by Gasteiger charge is -2.16. The first-order valence-electron chi connectivity index (χ1n) is 12.4. The number of benzene rings is 3. The number of rotatable bonds is 10. The van der Waals surface area contributed by atoms with Gasteiger partial charge in [-0.25, -0.2) is 9.18 Å². The van der Waals surface area contributed by atoms with Gasteiger partial charge in [0.05, 0.1) is 17.6 Å². The van der Waals surface area contributed by atoms with Crippen LogP contribution in [0.15, 0.2) is 66.9 Å². The summed E-state index contributed by atoms with van der Waals surface area (Å²) in [6.45, 7) is -0.545. The number of pyridine rings is 1. The van der Waals surface area contributed by atoms with Crippen LogP contribution in [0.1, 0.15) is 12.8 Å². The topological polar surface area (TPSA) is 171 Å². The Labute approximate surface area is 244 Å². The van der Waals surface area contributed by atoms with Crippen LogP contribution in [-0.2, 0) is 14.4 Å². The molecule has 42 heavy (non-hydrogen) atoms. The maximum atomic E-state index is 13.2. The minimum atomic E-state index is -1.22. The van der Waals surface area contributed by atoms with Gasteiger partial charge < -0.3 is 36.1 Å². The number of nitrogens with one attached hydrogen (secondary N) is 2. The van der Waals surface area contributed by atoms with Gasteiger partial charge in [0, 0.05) is 29.0 Å². The number of methoxy groups -OCH3 is 1. The first-order valence-corrected chi connectivity index (χ1v) is 12.7. The molecule has 1 aliphatic rings. The van der Waals surface area contributed by atoms with Gasteiger partial charge in [0.2, 0.25) is 11.8 Å². The van der Waals surface area contributed by atoms with Gasteiger partial charge in [-0.1, -0.05) is 11.6 Å². The highest BCUT2D eigenvalue weighted by Crippen LogP contribution is 2.48. The van der Waals surface area contributed by atoms with Gasteiger partial charge in [0.15, 0.2) is 18.1 Å². The zero-order valence-electron chi connectivity index (χ0n) is 22.3. The third-order valence-electron chi connectivity index (χ3n) is 6.47. The standard InChI is InChI=1S/C29H23ClFN3O7.H3N/c1-39-24-13-19-21(14-25(24)40-15-26(35)36)32-11-8-22(19)41-23-7-6-18(12-20(23)30)34-28(38)29(9-10-29)27(37)33-17-4-2-16(31)3-5-17;/h2-8,11-14H,9-10,15H2,1H3,(H,33,37)(H,34,38)(H,35,36);1H3. The summed E-state index contributed by atoms with van der Waals surface area (Å²) in [6.07, 6.45) is 2.27. The number of carboxylic acids is 1. The number of carboxylic acid groups (broad SMARTS) is 1. The summed E-state index contributed by atoms with van der Waals surface area (Å²) >= 11 is 6.48. The molecule has 0 saturated heterocycles. The van der Waals surface area contributed by atoms with Crippen LogP contribution >= 0.6 is 11.6 Å². The quantitative estimate of drug-likeness (QED) is 0.165. The zero-order valence-corrected chi connectivity index (χ0v) is 23.0. The van der Waals surface area contributed by atoms with E-state index in [0.717, 1.165) is 0 Å². The van der Waals surface area contributed by atoms with Crippen LogP contribution in [-0.4, -0.2) is 41.6 Å². The van der Waals surface area contributed by atoms with E-state index in [-0.39, 0.29) is 22.7 Å². The predicted molar refractivity (Wildman–Crippen MR) is 153 cm³/mol. The molecule has 1 heterocycles. The molecule has 5 rings (SSSR count). The Morgan fingerprint density at radius 1 is 0.929 bits per heavy atom. The lowest BCUT2D eigenvalue weighted by Crippen LogP contribution is -2.35. The highest BCUT2D eigenvalue weighted by atomic mass is 35.5. The van der Waals surface area contributed by atoms with Gasteiger partial charge in [-0.05, 0) is 67.4 Å². The lowest BCUT2D eigenvalue weighted by atomic mass is 10.0. The second-order valence-corrected chi connectivity index (χ2v) is 9.66. The Kier molecular flexibility index (Phi) is 8.79. The monoisotopic (exact) mass is 596 g/mol. The molecule has 11 nitrogen and oxygen atoms in total. The molecule has 1 saturated carbocycles. The minimum Gasteiger partial charge on any atom is -0.493 e. The summed E-state index contributed by atoms with van der Waals surface area (Å²) in [7, 11) is 1.42. The van der Waals surface area contributed by atoms with Crippen molar-refractivity contribution in [3.05, 3.63) is 77.7 Å². The van der Waals surface area contributed by atoms with E-state index < -0.39 is 35.6 Å². The lowest BCUT2D eigenvalue weighted by molar-refractivity contribution is -0.139. The van der Waals surface area contributed by atoms with Crippen molar-refractivity contribution < 1.29 is 38.1 Å². The number of nitrogens with zero attached hydrogens (tertiary/aromatic N) is 1. The second kappa shape index (κ2) is 12.3. The van der Waals surface area contributed by atoms with Gasteiger partial charge in [-0.2, -0.15) is 0 Å². The predicted octanol–water partition coefficient (Wildman–Crippen LogP) is 5.81. The number of hydrogen-bond donors (Lipinski definition) is 4. The Balaban J connectivity index is 0.00000405. The molecule has 1 aliphatic carbocycles. The fourth-order valence-corrected chi connectivity index (χ4v) is 4.35. The fraction of sp³-hybridized carbons (Fsp3) is 0.172. The number of carbonyl (C=O) groups excluding carboxylic acids is 2. The third kappa shape index (κ3) is 6.35. The van der Waals surface area contributed by atoms with Crippen molar-refractivity contribution in [2.45, 2.75) is 12.8 Å². The molecule has 1 aromatic heterocycles. The Bertz CT molecular complexity index is 1660. The molecule has 3 aromatic carbocycles. The molecule has 1 fully saturated rings. The fourth-order valence-electron chi connectivity index (χ4n) is 4.13. The van der Waals surface area contributed by atoms with Crippen molar-refractivity contribution in [1.29, 1.82) is 0 Å². The molecule has 218 valence electrons. The Hall–Kier alpha value is -4.94. The number of amides is 2. The normalized spacial score (nSPS) is 12.9. The average molecular weight is 597 g/mol. The van der Waals surface area contributed by atoms with Crippen molar-refractivity contribution in [3.63, 3.8) is 0 Å². The molecule has 6 N–H and O–H groups in total. The van der Waals surface area contributed by atoms with E-state index in [1.807, 2.05) is 0 Å². The van der Waals surface area contributed by atoms with Crippen LogP contribution < -0.4 is 31.0 Å². The third-order valence-corrected chi connectivity index (χ3v) is 6.76. The van der Waals surface area contributed by atoms with E-state index in [1.165, 1.54) is 43.6 Å². The minimum absolute atomic E-state index is 0. The van der Waals surface area contributed by atoms with Crippen LogP contribution in [0.3, 0.4) is 0 Å². The highest BCUT2D eigenvalue weighted by molar-refractivity contribution is 6.32. The number of aliphatic carboxylic acids is 1. The van der Waals surface area contributed by atoms with Gasteiger partial charge in [-0.3, -0.25) is 14.6 Å². The van der Waals surface area contributed by atoms with E-state index in [1.54, 1.807) is 30.3 Å². The molecule has 2 amide bonds. The van der Waals surface area contributed by atoms with E-state index >= 15 is 0 Å². The van der Waals surface area contributed by atoms with Crippen LogP contribution in [0.25, 0.3) is 10.9 Å². The van der Waals surface area contributed by atoms with Crippen LogP contribution in [0, 0.1) is 11.2 Å². The van der Waals surface area contributed by atoms with E-state index in [0.29, 0.717) is 46.6 Å². The SMILES string of the molecule is COc1cc2c(Oc3ccc(NC(=O)C4(C(=O)Nc5ccc(F)cc5)CC4)cc3Cl)ccnc2cc1OCC(=O)O.N. The molecular weight excluding hydrogens is 571 g/mol. The first-order chi connectivity index (χ1) is 19.7. The van der Waals surface area contributed by atoms with Gasteiger partial charge in [-0.15, -0.1) is 0 Å². The van der Waals surface area contributed by atoms with E-state index in [4.69, 9.17) is 30.9 Å². The molecule has 13 heteroatoms. The van der Waals surface area contributed by atoms with Crippen molar-refractivity contribution in [1.82, 2.24) is 11.1 Å². The maximum Gasteiger partial charge on any atom is 0.341 e. The zero-order chi connectivity index (χ0) is 29.1. The highest BCUT2D eigenvalue weighted by Gasteiger charge is 2.56. The van der Waals surface area contributed by atoms with Crippen LogP contribution in [0.2, 0.25) is 5.02 Å². The molecule has 4 aromatic rings. The number of ether oxygens (including phenoxy) is 3. The summed E-state index contributed by atoms with van der Waals surface area (Å²) in [6, 6.07) is 14.8. The molecule has 0 atom stereocenters. The average Bonchev–Trinajstić information content (AvgIpc) is 3.77. The van der Waals surface area contributed by atoms with Crippen molar-refractivity contribution in [2.75, 3.05) is 24.4 Å². The molecular formula is C29H26ClFN4O7. The number of hydrogen-bond acceptors (Lipinski definition) is 8. The van der Waals surface area contributed by atoms with Crippen LogP contribution in [0.5, 0.6) is 23.0 Å². The molecule has 0 unspecified atom stereocenters. The number of carbonyl (C=O) groups is 3. The maximum absolute atomic E-state index is 13.2. The summed E-state index contributed by atoms with van der Waals surface area (Å²) in [5.74, 6) is -1.32. The van der Waals surface area contributed by atoms with Gasteiger partial charge in [0.1, 0.15) is 22.7 Å². The molecule has 0 radical (unpaired) electrons. The van der Waals surface area contributed by atoms with Crippen LogP contribution in [0.4, 0.5) is 15.8 Å². The van der Waals surface area contributed by atoms with Crippen molar-refractivity contribution >= 4 is 51.7 Å². The smallest absolute Gasteiger partial charge is 0.341 e. The largest absolute Gasteiger partial charge is 0.493 e. The number of aromatic nitrogens is 1. The first kappa shape index (κ1) is 30.0. The Morgan fingerprint density at radius 3 is 2.21 bits per heavy atom. The Morgan fingerprint density at radius 2 is 1.60 bits per heavy atom. The molecule has 0 aliphatic heterocycles. The van der Waals surface area contributed by atoms with Crippen molar-refractivity contribution in [3.8, 4) is 23.0 Å². The summed E-state index contributed by atoms with van der Waals surface area (Å²) in [4.78, 5) is 41.0. The second-order valence-electron chi connectivity index (χ2n) is 9.26. The number of anilines is 2. The van der Waals surface area contributed by atoms with Gasteiger partial charge in [0.25, 0.3) is 0 Å². The summed E-state index contributed by atoms with van der Waals surface area (Å²) < 4.78 is 29.8. The summed E-state index contributed by atoms with van der Waals surface area (Å²) in [5.41, 5.74) is 0.00949. The van der Waals surface area contributed by atoms with Gasteiger partial charge >= 0.3 is 5.97 Å². The molecule has 0 bridgehead atoms.